The van der Waals surface area contributed by atoms with Crippen LogP contribution in [0.5, 0.6) is 0 Å². The van der Waals surface area contributed by atoms with Gasteiger partial charge in [-0.2, -0.15) is 0 Å². The van der Waals surface area contributed by atoms with E-state index in [4.69, 9.17) is 16.3 Å². The van der Waals surface area contributed by atoms with Crippen LogP contribution >= 0.6 is 27.5 Å². The molecule has 31 heavy (non-hydrogen) atoms. The van der Waals surface area contributed by atoms with E-state index in [-0.39, 0.29) is 12.5 Å². The van der Waals surface area contributed by atoms with Gasteiger partial charge in [0.1, 0.15) is 6.61 Å². The maximum absolute atomic E-state index is 12.2. The minimum Gasteiger partial charge on any atom is -0.375 e. The minimum atomic E-state index is 0.140. The molecule has 1 aliphatic heterocycles. The van der Waals surface area contributed by atoms with E-state index >= 15 is 0 Å². The van der Waals surface area contributed by atoms with Crippen LogP contribution in [0.3, 0.4) is 0 Å². The van der Waals surface area contributed by atoms with Crippen LogP contribution in [0.25, 0.3) is 0 Å². The van der Waals surface area contributed by atoms with Crippen LogP contribution in [-0.4, -0.2) is 61.6 Å². The molecule has 0 spiro atoms. The first-order valence-electron chi connectivity index (χ1n) is 11.9. The second-order valence-corrected chi connectivity index (χ2v) is 10.6. The number of halogens is 2. The molecule has 0 aromatic heterocycles. The number of nitrogens with zero attached hydrogens (tertiary/aromatic N) is 2. The summed E-state index contributed by atoms with van der Waals surface area (Å²) in [5.74, 6) is 1.71. The summed E-state index contributed by atoms with van der Waals surface area (Å²) in [6.45, 7) is 6.73. The van der Waals surface area contributed by atoms with Crippen molar-refractivity contribution in [2.45, 2.75) is 64.3 Å². The molecule has 0 radical (unpaired) electrons. The number of methoxy groups -OCH3 is 1. The van der Waals surface area contributed by atoms with Gasteiger partial charge >= 0.3 is 0 Å². The Morgan fingerprint density at radius 1 is 1.16 bits per heavy atom. The van der Waals surface area contributed by atoms with E-state index in [1.54, 1.807) is 7.11 Å². The third-order valence-corrected chi connectivity index (χ3v) is 8.27. The second kappa shape index (κ2) is 12.6. The maximum atomic E-state index is 12.2. The summed E-state index contributed by atoms with van der Waals surface area (Å²) in [5, 5.41) is 0.829. The SMILES string of the molecule is CCN(C(=O)COC)[C@H]1CC[C@H](CCN2CCC(Cc3cc(Cl)ccc3Br)CC2)CC1. The molecule has 174 valence electrons. The molecular formula is C25H38BrClN2O2. The Morgan fingerprint density at radius 2 is 1.87 bits per heavy atom. The summed E-state index contributed by atoms with van der Waals surface area (Å²) in [6.07, 6.45) is 9.76. The molecule has 1 saturated heterocycles. The highest BCUT2D eigenvalue weighted by atomic mass is 79.9. The molecule has 1 aromatic carbocycles. The van der Waals surface area contributed by atoms with Gasteiger partial charge in [0.2, 0.25) is 5.91 Å². The molecule has 2 aliphatic rings. The number of amides is 1. The van der Waals surface area contributed by atoms with Gasteiger partial charge in [0.25, 0.3) is 0 Å². The van der Waals surface area contributed by atoms with Crippen LogP contribution in [0, 0.1) is 11.8 Å². The second-order valence-electron chi connectivity index (χ2n) is 9.30. The van der Waals surface area contributed by atoms with Gasteiger partial charge in [0, 0.05) is 29.2 Å². The summed E-state index contributed by atoms with van der Waals surface area (Å²) in [7, 11) is 1.60. The number of likely N-dealkylation sites (tertiary alicyclic amines) is 1. The van der Waals surface area contributed by atoms with Crippen LogP contribution < -0.4 is 0 Å². The van der Waals surface area contributed by atoms with E-state index in [0.29, 0.717) is 6.04 Å². The minimum absolute atomic E-state index is 0.140. The predicted octanol–water partition coefficient (Wildman–Crippen LogP) is 5.80. The van der Waals surface area contributed by atoms with Crippen molar-refractivity contribution in [3.8, 4) is 0 Å². The highest BCUT2D eigenvalue weighted by Gasteiger charge is 2.28. The zero-order chi connectivity index (χ0) is 22.2. The highest BCUT2D eigenvalue weighted by molar-refractivity contribution is 9.10. The molecule has 1 saturated carbocycles. The first-order chi connectivity index (χ1) is 15.0. The molecule has 2 fully saturated rings. The fourth-order valence-corrected chi connectivity index (χ4v) is 5.98. The molecule has 0 unspecified atom stereocenters. The normalized spacial score (nSPS) is 23.1. The Kier molecular flexibility index (Phi) is 10.1. The number of rotatable bonds is 9. The van der Waals surface area contributed by atoms with Crippen LogP contribution in [0.4, 0.5) is 0 Å². The average molecular weight is 514 g/mol. The van der Waals surface area contributed by atoms with E-state index in [0.717, 1.165) is 42.7 Å². The summed E-state index contributed by atoms with van der Waals surface area (Å²) in [5.41, 5.74) is 1.34. The lowest BCUT2D eigenvalue weighted by molar-refractivity contribution is -0.138. The fraction of sp³-hybridized carbons (Fsp3) is 0.720. The quantitative estimate of drug-likeness (QED) is 0.418. The van der Waals surface area contributed by atoms with Crippen LogP contribution in [-0.2, 0) is 16.0 Å². The van der Waals surface area contributed by atoms with Gasteiger partial charge < -0.3 is 14.5 Å². The number of benzene rings is 1. The third kappa shape index (κ3) is 7.45. The van der Waals surface area contributed by atoms with Crippen LogP contribution in [0.15, 0.2) is 22.7 Å². The maximum Gasteiger partial charge on any atom is 0.248 e. The largest absolute Gasteiger partial charge is 0.375 e. The van der Waals surface area contributed by atoms with Gasteiger partial charge in [-0.1, -0.05) is 27.5 Å². The van der Waals surface area contributed by atoms with Gasteiger partial charge in [-0.05, 0) is 114 Å². The number of carbonyl (C=O) groups is 1. The van der Waals surface area contributed by atoms with Crippen molar-refractivity contribution >= 4 is 33.4 Å². The first kappa shape index (κ1) is 25.0. The number of carbonyl (C=O) groups excluding carboxylic acids is 1. The summed E-state index contributed by atoms with van der Waals surface area (Å²) < 4.78 is 6.23. The molecule has 1 aliphatic carbocycles. The number of piperidine rings is 1. The third-order valence-electron chi connectivity index (χ3n) is 7.26. The average Bonchev–Trinajstić information content (AvgIpc) is 2.77. The van der Waals surface area contributed by atoms with Crippen molar-refractivity contribution in [1.82, 2.24) is 9.80 Å². The molecule has 6 heteroatoms. The zero-order valence-electron chi connectivity index (χ0n) is 19.1. The van der Waals surface area contributed by atoms with Crippen molar-refractivity contribution in [3.05, 3.63) is 33.3 Å². The van der Waals surface area contributed by atoms with Gasteiger partial charge in [-0.25, -0.2) is 0 Å². The highest BCUT2D eigenvalue weighted by Crippen LogP contribution is 2.31. The number of hydrogen-bond acceptors (Lipinski definition) is 3. The smallest absolute Gasteiger partial charge is 0.248 e. The van der Waals surface area contributed by atoms with Crippen molar-refractivity contribution in [2.75, 3.05) is 39.9 Å². The number of ether oxygens (including phenoxy) is 1. The lowest BCUT2D eigenvalue weighted by atomic mass is 9.83. The topological polar surface area (TPSA) is 32.8 Å². The molecule has 1 heterocycles. The molecular weight excluding hydrogens is 476 g/mol. The van der Waals surface area contributed by atoms with Gasteiger partial charge in [0.15, 0.2) is 0 Å². The Morgan fingerprint density at radius 3 is 2.52 bits per heavy atom. The van der Waals surface area contributed by atoms with Gasteiger partial charge in [-0.3, -0.25) is 4.79 Å². The molecule has 0 atom stereocenters. The van der Waals surface area contributed by atoms with Crippen molar-refractivity contribution < 1.29 is 9.53 Å². The molecule has 1 amide bonds. The number of likely N-dealkylation sites (N-methyl/N-ethyl adjacent to an activating group) is 1. The van der Waals surface area contributed by atoms with E-state index in [9.17, 15) is 4.79 Å². The Hall–Kier alpha value is -0.620. The lowest BCUT2D eigenvalue weighted by Crippen LogP contribution is -2.44. The standard InChI is InChI=1S/C25H38BrClN2O2/c1-3-29(25(30)18-31-2)23-7-4-19(5-8-23)10-13-28-14-11-20(12-15-28)16-21-17-22(27)6-9-24(21)26/h6,9,17,19-20,23H,3-5,7-8,10-16,18H2,1-2H3/t19-,23-. The Balaban J connectivity index is 1.35. The Bertz CT molecular complexity index is 701. The van der Waals surface area contributed by atoms with Crippen molar-refractivity contribution in [2.24, 2.45) is 11.8 Å². The van der Waals surface area contributed by atoms with Gasteiger partial charge in [-0.15, -0.1) is 0 Å². The monoisotopic (exact) mass is 512 g/mol. The number of hydrogen-bond donors (Lipinski definition) is 0. The van der Waals surface area contributed by atoms with Crippen molar-refractivity contribution in [1.29, 1.82) is 0 Å². The first-order valence-corrected chi connectivity index (χ1v) is 13.1. The van der Waals surface area contributed by atoms with Crippen LogP contribution in [0.2, 0.25) is 5.02 Å². The molecule has 0 bridgehead atoms. The summed E-state index contributed by atoms with van der Waals surface area (Å²) >= 11 is 9.86. The van der Waals surface area contributed by atoms with E-state index in [1.165, 1.54) is 61.8 Å². The molecule has 4 nitrogen and oxygen atoms in total. The van der Waals surface area contributed by atoms with E-state index in [2.05, 4.69) is 39.9 Å². The Labute approximate surface area is 201 Å². The zero-order valence-corrected chi connectivity index (χ0v) is 21.5. The van der Waals surface area contributed by atoms with Gasteiger partial charge in [0.05, 0.1) is 0 Å². The molecule has 3 rings (SSSR count). The van der Waals surface area contributed by atoms with Crippen LogP contribution in [0.1, 0.15) is 57.4 Å². The summed E-state index contributed by atoms with van der Waals surface area (Å²) in [4.78, 5) is 16.9. The molecule has 0 N–H and O–H groups in total. The lowest BCUT2D eigenvalue weighted by Gasteiger charge is -2.37. The molecule has 1 aromatic rings. The van der Waals surface area contributed by atoms with E-state index < -0.39 is 0 Å². The summed E-state index contributed by atoms with van der Waals surface area (Å²) in [6, 6.07) is 6.53. The van der Waals surface area contributed by atoms with E-state index in [1.807, 2.05) is 11.0 Å². The van der Waals surface area contributed by atoms with Crippen molar-refractivity contribution in [3.63, 3.8) is 0 Å². The predicted molar refractivity (Wildman–Crippen MR) is 132 cm³/mol. The fourth-order valence-electron chi connectivity index (χ4n) is 5.38.